The zero-order valence-corrected chi connectivity index (χ0v) is 11.4. The van der Waals surface area contributed by atoms with Gasteiger partial charge in [-0.2, -0.15) is 0 Å². The van der Waals surface area contributed by atoms with Crippen molar-refractivity contribution < 1.29 is 4.42 Å². The molecule has 0 radical (unpaired) electrons. The second kappa shape index (κ2) is 5.45. The summed E-state index contributed by atoms with van der Waals surface area (Å²) in [5, 5.41) is 6.96. The molecule has 0 bridgehead atoms. The van der Waals surface area contributed by atoms with Gasteiger partial charge in [0.2, 0.25) is 0 Å². The fraction of sp³-hybridized carbons (Fsp3) is 0.267. The third kappa shape index (κ3) is 2.96. The molecule has 3 rings (SSSR count). The number of fused-ring (bicyclic) bond motifs is 1. The average molecular weight is 272 g/mol. The van der Waals surface area contributed by atoms with Crippen LogP contribution in [0.1, 0.15) is 23.3 Å². The van der Waals surface area contributed by atoms with Crippen molar-refractivity contribution in [2.24, 2.45) is 0 Å². The van der Waals surface area contributed by atoms with Crippen molar-refractivity contribution in [2.75, 3.05) is 5.32 Å². The molecule has 2 aromatic rings. The first-order chi connectivity index (χ1) is 9.31. The summed E-state index contributed by atoms with van der Waals surface area (Å²) in [5.41, 5.74) is 3.97. The summed E-state index contributed by atoms with van der Waals surface area (Å²) in [6, 6.07) is 10.3. The molecule has 0 aliphatic heterocycles. The van der Waals surface area contributed by atoms with E-state index in [1.54, 1.807) is 6.26 Å². The van der Waals surface area contributed by atoms with Crippen LogP contribution in [0, 0.1) is 0 Å². The maximum atomic E-state index is 5.27. The van der Waals surface area contributed by atoms with Gasteiger partial charge in [0, 0.05) is 5.69 Å². The van der Waals surface area contributed by atoms with Gasteiger partial charge < -0.3 is 15.1 Å². The van der Waals surface area contributed by atoms with E-state index in [2.05, 4.69) is 28.8 Å². The van der Waals surface area contributed by atoms with Crippen molar-refractivity contribution in [1.29, 1.82) is 0 Å². The van der Waals surface area contributed by atoms with Gasteiger partial charge in [0.1, 0.15) is 5.76 Å². The van der Waals surface area contributed by atoms with E-state index in [9.17, 15) is 0 Å². The van der Waals surface area contributed by atoms with Crippen LogP contribution in [0.15, 0.2) is 41.0 Å². The highest BCUT2D eigenvalue weighted by atomic mass is 32.1. The number of nitrogens with one attached hydrogen (secondary N) is 2. The molecule has 1 aliphatic carbocycles. The van der Waals surface area contributed by atoms with Crippen molar-refractivity contribution in [2.45, 2.75) is 25.8 Å². The minimum absolute atomic E-state index is 0.601. The van der Waals surface area contributed by atoms with Crippen LogP contribution in [0.2, 0.25) is 0 Å². The Hall–Kier alpha value is -1.81. The second-order valence-electron chi connectivity index (χ2n) is 4.72. The normalized spacial score (nSPS) is 13.1. The first kappa shape index (κ1) is 12.2. The molecule has 4 heteroatoms. The van der Waals surface area contributed by atoms with Crippen molar-refractivity contribution in [3.63, 3.8) is 0 Å². The van der Waals surface area contributed by atoms with Crippen LogP contribution >= 0.6 is 12.2 Å². The Morgan fingerprint density at radius 3 is 2.95 bits per heavy atom. The van der Waals surface area contributed by atoms with Gasteiger partial charge in [-0.15, -0.1) is 0 Å². The molecule has 98 valence electrons. The van der Waals surface area contributed by atoms with E-state index in [1.165, 1.54) is 30.4 Å². The Labute approximate surface area is 118 Å². The molecule has 1 aliphatic rings. The lowest BCUT2D eigenvalue weighted by Crippen LogP contribution is -2.27. The van der Waals surface area contributed by atoms with Crippen molar-refractivity contribution >= 4 is 23.0 Å². The van der Waals surface area contributed by atoms with Crippen LogP contribution < -0.4 is 10.6 Å². The van der Waals surface area contributed by atoms with Gasteiger partial charge >= 0.3 is 0 Å². The fourth-order valence-corrected chi connectivity index (χ4v) is 2.60. The Kier molecular flexibility index (Phi) is 3.51. The lowest BCUT2D eigenvalue weighted by atomic mass is 10.1. The lowest BCUT2D eigenvalue weighted by molar-refractivity contribution is 0.503. The number of rotatable bonds is 3. The van der Waals surface area contributed by atoms with Gasteiger partial charge in [0.25, 0.3) is 0 Å². The van der Waals surface area contributed by atoms with Gasteiger partial charge in [-0.1, -0.05) is 6.07 Å². The molecule has 0 amide bonds. The number of thiocarbonyl (C=S) groups is 1. The first-order valence-corrected chi connectivity index (χ1v) is 6.91. The summed E-state index contributed by atoms with van der Waals surface area (Å²) >= 11 is 5.27. The zero-order chi connectivity index (χ0) is 13.1. The van der Waals surface area contributed by atoms with Crippen molar-refractivity contribution in [3.05, 3.63) is 53.5 Å². The molecule has 1 aromatic heterocycles. The van der Waals surface area contributed by atoms with Crippen LogP contribution in [0.3, 0.4) is 0 Å². The van der Waals surface area contributed by atoms with E-state index in [0.29, 0.717) is 11.7 Å². The first-order valence-electron chi connectivity index (χ1n) is 6.50. The number of furan rings is 1. The van der Waals surface area contributed by atoms with Crippen LogP contribution in [0.25, 0.3) is 0 Å². The summed E-state index contributed by atoms with van der Waals surface area (Å²) in [4.78, 5) is 0. The fourth-order valence-electron chi connectivity index (χ4n) is 2.41. The third-order valence-corrected chi connectivity index (χ3v) is 3.61. The van der Waals surface area contributed by atoms with Gasteiger partial charge in [0.05, 0.1) is 12.8 Å². The SMILES string of the molecule is S=C(NCc1ccco1)Nc1ccc2c(c1)CCC2. The molecule has 19 heavy (non-hydrogen) atoms. The maximum Gasteiger partial charge on any atom is 0.171 e. The topological polar surface area (TPSA) is 37.2 Å². The number of hydrogen-bond acceptors (Lipinski definition) is 2. The summed E-state index contributed by atoms with van der Waals surface area (Å²) < 4.78 is 5.24. The Balaban J connectivity index is 1.57. The van der Waals surface area contributed by atoms with Crippen LogP contribution in [0.4, 0.5) is 5.69 Å². The molecule has 3 nitrogen and oxygen atoms in total. The van der Waals surface area contributed by atoms with Crippen molar-refractivity contribution in [1.82, 2.24) is 5.32 Å². The molecule has 0 spiro atoms. The predicted octanol–water partition coefficient (Wildman–Crippen LogP) is 3.25. The smallest absolute Gasteiger partial charge is 0.171 e. The molecule has 0 atom stereocenters. The summed E-state index contributed by atoms with van der Waals surface area (Å²) in [7, 11) is 0. The number of benzene rings is 1. The monoisotopic (exact) mass is 272 g/mol. The standard InChI is InChI=1S/C15H16N2OS/c19-15(16-10-14-5-2-8-18-14)17-13-7-6-11-3-1-4-12(11)9-13/h2,5-9H,1,3-4,10H2,(H2,16,17,19). The van der Waals surface area contributed by atoms with Gasteiger partial charge in [-0.25, -0.2) is 0 Å². The quantitative estimate of drug-likeness (QED) is 0.841. The third-order valence-electron chi connectivity index (χ3n) is 3.36. The van der Waals surface area contributed by atoms with Crippen molar-refractivity contribution in [3.8, 4) is 0 Å². The summed E-state index contributed by atoms with van der Waals surface area (Å²) in [6.45, 7) is 0.601. The van der Waals surface area contributed by atoms with Gasteiger partial charge in [-0.3, -0.25) is 0 Å². The van der Waals surface area contributed by atoms with E-state index in [-0.39, 0.29) is 0 Å². The maximum absolute atomic E-state index is 5.27. The lowest BCUT2D eigenvalue weighted by Gasteiger charge is -2.10. The second-order valence-corrected chi connectivity index (χ2v) is 5.13. The predicted molar refractivity (Wildman–Crippen MR) is 80.2 cm³/mol. The minimum atomic E-state index is 0.601. The highest BCUT2D eigenvalue weighted by Crippen LogP contribution is 2.24. The van der Waals surface area contributed by atoms with Crippen LogP contribution in [-0.2, 0) is 19.4 Å². The van der Waals surface area contributed by atoms with Gasteiger partial charge in [-0.05, 0) is 66.9 Å². The number of anilines is 1. The Morgan fingerprint density at radius 1 is 1.21 bits per heavy atom. The van der Waals surface area contributed by atoms with E-state index < -0.39 is 0 Å². The zero-order valence-electron chi connectivity index (χ0n) is 10.6. The largest absolute Gasteiger partial charge is 0.467 e. The van der Waals surface area contributed by atoms with Crippen LogP contribution in [0.5, 0.6) is 0 Å². The Bertz CT molecular complexity index is 578. The van der Waals surface area contributed by atoms with E-state index in [0.717, 1.165) is 11.4 Å². The molecule has 0 fully saturated rings. The molecule has 0 saturated carbocycles. The molecular formula is C15H16N2OS. The number of aryl methyl sites for hydroxylation is 2. The number of hydrogen-bond donors (Lipinski definition) is 2. The molecule has 1 aromatic carbocycles. The molecule has 1 heterocycles. The molecule has 0 unspecified atom stereocenters. The van der Waals surface area contributed by atoms with E-state index in [4.69, 9.17) is 16.6 Å². The molecular weight excluding hydrogens is 256 g/mol. The average Bonchev–Trinajstić information content (AvgIpc) is 3.07. The van der Waals surface area contributed by atoms with Gasteiger partial charge in [0.15, 0.2) is 5.11 Å². The summed E-state index contributed by atoms with van der Waals surface area (Å²) in [5.74, 6) is 0.873. The summed E-state index contributed by atoms with van der Waals surface area (Å²) in [6.07, 6.45) is 5.31. The highest BCUT2D eigenvalue weighted by molar-refractivity contribution is 7.80. The molecule has 0 saturated heterocycles. The van der Waals surface area contributed by atoms with E-state index in [1.807, 2.05) is 12.1 Å². The van der Waals surface area contributed by atoms with E-state index >= 15 is 0 Å². The minimum Gasteiger partial charge on any atom is -0.467 e. The van der Waals surface area contributed by atoms with Crippen LogP contribution in [-0.4, -0.2) is 5.11 Å². The molecule has 2 N–H and O–H groups in total. The highest BCUT2D eigenvalue weighted by Gasteiger charge is 2.11. The Morgan fingerprint density at radius 2 is 2.11 bits per heavy atom.